The molecule has 0 radical (unpaired) electrons. The molecule has 0 unspecified atom stereocenters. The fourth-order valence-corrected chi connectivity index (χ4v) is 2.79. The molecule has 0 aliphatic heterocycles. The van der Waals surface area contributed by atoms with Gasteiger partial charge < -0.3 is 10.2 Å². The van der Waals surface area contributed by atoms with Gasteiger partial charge in [0.15, 0.2) is 0 Å². The van der Waals surface area contributed by atoms with E-state index in [9.17, 15) is 9.59 Å². The average Bonchev–Trinajstić information content (AvgIpc) is 2.58. The van der Waals surface area contributed by atoms with Gasteiger partial charge in [-0.2, -0.15) is 0 Å². The Balaban J connectivity index is 1.92. The summed E-state index contributed by atoms with van der Waals surface area (Å²) >= 11 is 11.9. The molecule has 126 valence electrons. The molecule has 4 nitrogen and oxygen atoms in total. The van der Waals surface area contributed by atoms with Crippen LogP contribution in [0.5, 0.6) is 0 Å². The topological polar surface area (TPSA) is 49.4 Å². The molecule has 6 heteroatoms. The van der Waals surface area contributed by atoms with Crippen molar-refractivity contribution in [3.05, 3.63) is 64.1 Å². The lowest BCUT2D eigenvalue weighted by molar-refractivity contribution is -0.137. The number of hydrogen-bond acceptors (Lipinski definition) is 2. The lowest BCUT2D eigenvalue weighted by atomic mass is 10.1. The van der Waals surface area contributed by atoms with Gasteiger partial charge in [-0.1, -0.05) is 47.5 Å². The minimum absolute atomic E-state index is 0.318. The van der Waals surface area contributed by atoms with Gasteiger partial charge in [-0.25, -0.2) is 0 Å². The van der Waals surface area contributed by atoms with Crippen molar-refractivity contribution in [1.82, 2.24) is 5.32 Å². The predicted octanol–water partition coefficient (Wildman–Crippen LogP) is 3.71. The van der Waals surface area contributed by atoms with Gasteiger partial charge in [-0.3, -0.25) is 9.59 Å². The Morgan fingerprint density at radius 1 is 1.08 bits per heavy atom. The Labute approximate surface area is 151 Å². The molecule has 0 aliphatic carbocycles. The molecule has 0 fully saturated rings. The fraction of sp³-hybridized carbons (Fsp3) is 0.222. The molecule has 0 bridgehead atoms. The Morgan fingerprint density at radius 2 is 1.79 bits per heavy atom. The molecule has 2 aromatic rings. The Morgan fingerprint density at radius 3 is 2.42 bits per heavy atom. The average molecular weight is 365 g/mol. The number of rotatable bonds is 5. The zero-order chi connectivity index (χ0) is 17.5. The zero-order valence-corrected chi connectivity index (χ0v) is 14.8. The van der Waals surface area contributed by atoms with Gasteiger partial charge in [0.25, 0.3) is 0 Å². The van der Waals surface area contributed by atoms with E-state index >= 15 is 0 Å². The van der Waals surface area contributed by atoms with E-state index in [1.54, 1.807) is 30.3 Å². The third-order valence-corrected chi connectivity index (χ3v) is 4.11. The highest BCUT2D eigenvalue weighted by Crippen LogP contribution is 2.21. The lowest BCUT2D eigenvalue weighted by Gasteiger charge is -2.20. The molecule has 0 atom stereocenters. The van der Waals surface area contributed by atoms with Crippen LogP contribution in [-0.4, -0.2) is 24.9 Å². The van der Waals surface area contributed by atoms with E-state index in [1.165, 1.54) is 4.90 Å². The molecule has 0 heterocycles. The first-order chi connectivity index (χ1) is 11.5. The minimum atomic E-state index is -0.634. The number of nitrogens with one attached hydrogen (secondary N) is 1. The van der Waals surface area contributed by atoms with Crippen LogP contribution in [0.1, 0.15) is 12.5 Å². The van der Waals surface area contributed by atoms with Gasteiger partial charge in [0.05, 0.1) is 0 Å². The maximum Gasteiger partial charge on any atom is 0.316 e. The summed E-state index contributed by atoms with van der Waals surface area (Å²) in [5, 5.41) is 3.74. The second-order valence-corrected chi connectivity index (χ2v) is 5.97. The Kier molecular flexibility index (Phi) is 6.64. The molecule has 1 N–H and O–H groups in total. The highest BCUT2D eigenvalue weighted by molar-refractivity contribution is 6.40. The van der Waals surface area contributed by atoms with Crippen LogP contribution in [0.4, 0.5) is 5.69 Å². The van der Waals surface area contributed by atoms with Gasteiger partial charge in [-0.15, -0.1) is 0 Å². The van der Waals surface area contributed by atoms with Crippen molar-refractivity contribution < 1.29 is 9.59 Å². The van der Waals surface area contributed by atoms with Gasteiger partial charge >= 0.3 is 11.8 Å². The van der Waals surface area contributed by atoms with Crippen molar-refractivity contribution in [2.45, 2.75) is 13.3 Å². The molecule has 2 rings (SSSR count). The first kappa shape index (κ1) is 18.3. The van der Waals surface area contributed by atoms with Crippen molar-refractivity contribution in [2.24, 2.45) is 0 Å². The SMILES string of the molecule is CCN(C(=O)C(=O)NCCc1ccc(Cl)cc1Cl)c1ccccc1. The van der Waals surface area contributed by atoms with E-state index in [-0.39, 0.29) is 0 Å². The molecular weight excluding hydrogens is 347 g/mol. The van der Waals surface area contributed by atoms with Gasteiger partial charge in [0.2, 0.25) is 0 Å². The van der Waals surface area contributed by atoms with E-state index in [4.69, 9.17) is 23.2 Å². The number of likely N-dealkylation sites (N-methyl/N-ethyl adjacent to an activating group) is 1. The summed E-state index contributed by atoms with van der Waals surface area (Å²) in [5.41, 5.74) is 1.56. The molecule has 2 amide bonds. The van der Waals surface area contributed by atoms with Gasteiger partial charge in [0.1, 0.15) is 0 Å². The van der Waals surface area contributed by atoms with Crippen LogP contribution in [0.3, 0.4) is 0 Å². The highest BCUT2D eigenvalue weighted by atomic mass is 35.5. The lowest BCUT2D eigenvalue weighted by Crippen LogP contribution is -2.43. The number of carbonyl (C=O) groups is 2. The summed E-state index contributed by atoms with van der Waals surface area (Å²) in [6.45, 7) is 2.56. The van der Waals surface area contributed by atoms with E-state index in [2.05, 4.69) is 5.32 Å². The van der Waals surface area contributed by atoms with Crippen LogP contribution < -0.4 is 10.2 Å². The standard InChI is InChI=1S/C18H18Cl2N2O2/c1-2-22(15-6-4-3-5-7-15)18(24)17(23)21-11-10-13-8-9-14(19)12-16(13)20/h3-9,12H,2,10-11H2,1H3,(H,21,23). The molecule has 0 saturated heterocycles. The zero-order valence-electron chi connectivity index (χ0n) is 13.3. The van der Waals surface area contributed by atoms with Gasteiger partial charge in [0, 0.05) is 28.8 Å². The summed E-state index contributed by atoms with van der Waals surface area (Å²) < 4.78 is 0. The molecular formula is C18H18Cl2N2O2. The van der Waals surface area contributed by atoms with Crippen LogP contribution >= 0.6 is 23.2 Å². The number of hydrogen-bond donors (Lipinski definition) is 1. The van der Waals surface area contributed by atoms with Crippen LogP contribution in [0.2, 0.25) is 10.0 Å². The van der Waals surface area contributed by atoms with Crippen molar-refractivity contribution >= 4 is 40.7 Å². The predicted molar refractivity (Wildman–Crippen MR) is 97.6 cm³/mol. The smallest absolute Gasteiger partial charge is 0.316 e. The van der Waals surface area contributed by atoms with E-state index in [0.29, 0.717) is 35.2 Å². The highest BCUT2D eigenvalue weighted by Gasteiger charge is 2.21. The molecule has 0 saturated carbocycles. The van der Waals surface area contributed by atoms with Crippen molar-refractivity contribution in [2.75, 3.05) is 18.0 Å². The first-order valence-corrected chi connectivity index (χ1v) is 8.37. The maximum atomic E-state index is 12.3. The van der Waals surface area contributed by atoms with Crippen LogP contribution in [-0.2, 0) is 16.0 Å². The van der Waals surface area contributed by atoms with E-state index < -0.39 is 11.8 Å². The van der Waals surface area contributed by atoms with Crippen LogP contribution in [0, 0.1) is 0 Å². The monoisotopic (exact) mass is 364 g/mol. The number of nitrogens with zero attached hydrogens (tertiary/aromatic N) is 1. The van der Waals surface area contributed by atoms with Crippen molar-refractivity contribution in [3.63, 3.8) is 0 Å². The second-order valence-electron chi connectivity index (χ2n) is 5.13. The third-order valence-electron chi connectivity index (χ3n) is 3.52. The molecule has 0 spiro atoms. The van der Waals surface area contributed by atoms with Crippen LogP contribution in [0.25, 0.3) is 0 Å². The summed E-state index contributed by atoms with van der Waals surface area (Å²) in [6.07, 6.45) is 0.520. The summed E-state index contributed by atoms with van der Waals surface area (Å²) in [6, 6.07) is 14.3. The molecule has 24 heavy (non-hydrogen) atoms. The number of halogens is 2. The molecule has 0 aromatic heterocycles. The van der Waals surface area contributed by atoms with Crippen molar-refractivity contribution in [3.8, 4) is 0 Å². The summed E-state index contributed by atoms with van der Waals surface area (Å²) in [4.78, 5) is 25.8. The number of benzene rings is 2. The third kappa shape index (κ3) is 4.73. The maximum absolute atomic E-state index is 12.3. The normalized spacial score (nSPS) is 10.3. The van der Waals surface area contributed by atoms with E-state index in [1.807, 2.05) is 25.1 Å². The largest absolute Gasteiger partial charge is 0.347 e. The van der Waals surface area contributed by atoms with Crippen molar-refractivity contribution in [1.29, 1.82) is 0 Å². The number of para-hydroxylation sites is 1. The Hall–Kier alpha value is -2.04. The van der Waals surface area contributed by atoms with Crippen LogP contribution in [0.15, 0.2) is 48.5 Å². The molecule has 2 aromatic carbocycles. The van der Waals surface area contributed by atoms with Gasteiger partial charge in [-0.05, 0) is 43.2 Å². The number of carbonyl (C=O) groups excluding carboxylic acids is 2. The second kappa shape index (κ2) is 8.71. The summed E-state index contributed by atoms with van der Waals surface area (Å²) in [5.74, 6) is -1.21. The Bertz CT molecular complexity index is 720. The van der Waals surface area contributed by atoms with E-state index in [0.717, 1.165) is 5.56 Å². The quantitative estimate of drug-likeness (QED) is 0.822. The minimum Gasteiger partial charge on any atom is -0.347 e. The number of anilines is 1. The first-order valence-electron chi connectivity index (χ1n) is 7.61. The molecule has 0 aliphatic rings. The summed E-state index contributed by atoms with van der Waals surface area (Å²) in [7, 11) is 0. The fourth-order valence-electron chi connectivity index (χ4n) is 2.28. The number of amides is 2.